The van der Waals surface area contributed by atoms with Crippen LogP contribution in [0, 0.1) is 0 Å². The lowest BCUT2D eigenvalue weighted by molar-refractivity contribution is 0.0686. The third kappa shape index (κ3) is 1.79. The van der Waals surface area contributed by atoms with Crippen molar-refractivity contribution in [1.82, 2.24) is 5.16 Å². The van der Waals surface area contributed by atoms with Crippen molar-refractivity contribution < 1.29 is 14.4 Å². The lowest BCUT2D eigenvalue weighted by Gasteiger charge is -2.27. The van der Waals surface area contributed by atoms with Gasteiger partial charge in [-0.15, -0.1) is 0 Å². The fourth-order valence-electron chi connectivity index (χ4n) is 2.30. The van der Waals surface area contributed by atoms with Gasteiger partial charge < -0.3 is 9.63 Å². The topological polar surface area (TPSA) is 63.3 Å². The second kappa shape index (κ2) is 4.29. The monoisotopic (exact) mass is 243 g/mol. The van der Waals surface area contributed by atoms with Crippen molar-refractivity contribution in [3.63, 3.8) is 0 Å². The molecule has 0 amide bonds. The Labute approximate surface area is 104 Å². The van der Waals surface area contributed by atoms with Gasteiger partial charge in [0.15, 0.2) is 11.5 Å². The lowest BCUT2D eigenvalue weighted by atomic mass is 9.78. The number of carboxylic acid groups (broad SMARTS) is 1. The summed E-state index contributed by atoms with van der Waals surface area (Å²) < 4.78 is 5.14. The summed E-state index contributed by atoms with van der Waals surface area (Å²) in [6.07, 6.45) is 3.64. The number of aromatic carboxylic acids is 1. The maximum absolute atomic E-state index is 10.8. The summed E-state index contributed by atoms with van der Waals surface area (Å²) in [5, 5.41) is 12.4. The summed E-state index contributed by atoms with van der Waals surface area (Å²) in [7, 11) is 0. The SMILES string of the molecule is O=C(O)c1cc(-c2ccccc2C2CCC2)on1. The normalized spacial score (nSPS) is 15.3. The van der Waals surface area contributed by atoms with Gasteiger partial charge in [-0.05, 0) is 24.3 Å². The quantitative estimate of drug-likeness (QED) is 0.898. The van der Waals surface area contributed by atoms with Crippen LogP contribution in [-0.2, 0) is 0 Å². The molecule has 1 aromatic heterocycles. The maximum Gasteiger partial charge on any atom is 0.358 e. The second-order valence-corrected chi connectivity index (χ2v) is 4.60. The number of hydrogen-bond acceptors (Lipinski definition) is 3. The summed E-state index contributed by atoms with van der Waals surface area (Å²) in [4.78, 5) is 10.8. The zero-order valence-electron chi connectivity index (χ0n) is 9.80. The smallest absolute Gasteiger partial charge is 0.358 e. The van der Waals surface area contributed by atoms with E-state index in [-0.39, 0.29) is 5.69 Å². The predicted octanol–water partition coefficient (Wildman–Crippen LogP) is 3.31. The summed E-state index contributed by atoms with van der Waals surface area (Å²) in [6.45, 7) is 0. The van der Waals surface area contributed by atoms with E-state index >= 15 is 0 Å². The molecule has 18 heavy (non-hydrogen) atoms. The summed E-state index contributed by atoms with van der Waals surface area (Å²) >= 11 is 0. The lowest BCUT2D eigenvalue weighted by Crippen LogP contribution is -2.09. The van der Waals surface area contributed by atoms with E-state index in [4.69, 9.17) is 9.63 Å². The van der Waals surface area contributed by atoms with Crippen LogP contribution in [0.15, 0.2) is 34.9 Å². The molecule has 1 saturated carbocycles. The minimum absolute atomic E-state index is 0.0478. The molecule has 0 atom stereocenters. The Morgan fingerprint density at radius 1 is 1.33 bits per heavy atom. The Balaban J connectivity index is 2.02. The van der Waals surface area contributed by atoms with E-state index in [0.29, 0.717) is 11.7 Å². The third-order valence-electron chi connectivity index (χ3n) is 3.50. The van der Waals surface area contributed by atoms with Gasteiger partial charge in [0.05, 0.1) is 0 Å². The summed E-state index contributed by atoms with van der Waals surface area (Å²) in [6, 6.07) is 9.47. The summed E-state index contributed by atoms with van der Waals surface area (Å²) in [5.41, 5.74) is 2.15. The number of benzene rings is 1. The van der Waals surface area contributed by atoms with Gasteiger partial charge in [0.25, 0.3) is 0 Å². The Bertz CT molecular complexity index is 584. The van der Waals surface area contributed by atoms with Crippen LogP contribution in [0.5, 0.6) is 0 Å². The van der Waals surface area contributed by atoms with E-state index in [1.807, 2.05) is 18.2 Å². The third-order valence-corrected chi connectivity index (χ3v) is 3.50. The van der Waals surface area contributed by atoms with E-state index < -0.39 is 5.97 Å². The van der Waals surface area contributed by atoms with Crippen LogP contribution >= 0.6 is 0 Å². The first kappa shape index (κ1) is 11.0. The van der Waals surface area contributed by atoms with Crippen molar-refractivity contribution in [2.45, 2.75) is 25.2 Å². The van der Waals surface area contributed by atoms with Crippen molar-refractivity contribution >= 4 is 5.97 Å². The van der Waals surface area contributed by atoms with E-state index in [1.54, 1.807) is 0 Å². The summed E-state index contributed by atoms with van der Waals surface area (Å²) in [5.74, 6) is 0.0422. The molecule has 1 aromatic carbocycles. The van der Waals surface area contributed by atoms with Gasteiger partial charge in [-0.25, -0.2) is 4.79 Å². The Hall–Kier alpha value is -2.10. The zero-order chi connectivity index (χ0) is 12.5. The first-order valence-electron chi connectivity index (χ1n) is 6.05. The molecular formula is C14H13NO3. The van der Waals surface area contributed by atoms with Crippen molar-refractivity contribution in [3.05, 3.63) is 41.6 Å². The van der Waals surface area contributed by atoms with Gasteiger partial charge in [-0.2, -0.15) is 0 Å². The van der Waals surface area contributed by atoms with Gasteiger partial charge in [-0.1, -0.05) is 35.8 Å². The van der Waals surface area contributed by atoms with E-state index in [1.165, 1.54) is 30.9 Å². The largest absolute Gasteiger partial charge is 0.476 e. The van der Waals surface area contributed by atoms with Gasteiger partial charge in [0.2, 0.25) is 0 Å². The molecule has 1 N–H and O–H groups in total. The number of hydrogen-bond donors (Lipinski definition) is 1. The van der Waals surface area contributed by atoms with Crippen molar-refractivity contribution in [3.8, 4) is 11.3 Å². The maximum atomic E-state index is 10.8. The Morgan fingerprint density at radius 3 is 2.72 bits per heavy atom. The molecule has 1 aliphatic carbocycles. The fraction of sp³-hybridized carbons (Fsp3) is 0.286. The highest BCUT2D eigenvalue weighted by atomic mass is 16.5. The van der Waals surface area contributed by atoms with Crippen LogP contribution < -0.4 is 0 Å². The Morgan fingerprint density at radius 2 is 2.11 bits per heavy atom. The molecular weight excluding hydrogens is 230 g/mol. The molecule has 1 heterocycles. The standard InChI is InChI=1S/C14H13NO3/c16-14(17)12-8-13(18-15-12)11-7-2-1-6-10(11)9-4-3-5-9/h1-2,6-9H,3-5H2,(H,16,17). The number of carboxylic acids is 1. The van der Waals surface area contributed by atoms with Crippen LogP contribution in [0.1, 0.15) is 41.2 Å². The second-order valence-electron chi connectivity index (χ2n) is 4.60. The van der Waals surface area contributed by atoms with Crippen LogP contribution in [0.4, 0.5) is 0 Å². The number of rotatable bonds is 3. The number of nitrogens with zero attached hydrogens (tertiary/aromatic N) is 1. The number of aromatic nitrogens is 1. The van der Waals surface area contributed by atoms with Gasteiger partial charge in [-0.3, -0.25) is 0 Å². The van der Waals surface area contributed by atoms with Crippen molar-refractivity contribution in [1.29, 1.82) is 0 Å². The molecule has 1 aliphatic rings. The molecule has 4 heteroatoms. The predicted molar refractivity (Wildman–Crippen MR) is 65.5 cm³/mol. The molecule has 0 saturated heterocycles. The first-order valence-corrected chi connectivity index (χ1v) is 6.05. The minimum Gasteiger partial charge on any atom is -0.476 e. The van der Waals surface area contributed by atoms with Crippen LogP contribution in [0.25, 0.3) is 11.3 Å². The molecule has 0 unspecified atom stereocenters. The molecule has 3 rings (SSSR count). The highest BCUT2D eigenvalue weighted by Gasteiger charge is 2.24. The molecule has 92 valence electrons. The highest BCUT2D eigenvalue weighted by Crippen LogP contribution is 2.41. The first-order chi connectivity index (χ1) is 8.75. The molecule has 0 bridgehead atoms. The minimum atomic E-state index is -1.06. The average molecular weight is 243 g/mol. The average Bonchev–Trinajstić information content (AvgIpc) is 2.77. The van der Waals surface area contributed by atoms with E-state index in [9.17, 15) is 4.79 Å². The van der Waals surface area contributed by atoms with Gasteiger partial charge in [0.1, 0.15) is 0 Å². The highest BCUT2D eigenvalue weighted by molar-refractivity contribution is 5.86. The van der Waals surface area contributed by atoms with Crippen LogP contribution in [0.2, 0.25) is 0 Å². The Kier molecular flexibility index (Phi) is 2.63. The van der Waals surface area contributed by atoms with Crippen LogP contribution in [0.3, 0.4) is 0 Å². The van der Waals surface area contributed by atoms with E-state index in [2.05, 4.69) is 11.2 Å². The molecule has 1 fully saturated rings. The van der Waals surface area contributed by atoms with E-state index in [0.717, 1.165) is 5.56 Å². The molecule has 4 nitrogen and oxygen atoms in total. The van der Waals surface area contributed by atoms with Gasteiger partial charge in [0, 0.05) is 11.6 Å². The zero-order valence-corrected chi connectivity index (χ0v) is 9.80. The van der Waals surface area contributed by atoms with Crippen LogP contribution in [-0.4, -0.2) is 16.2 Å². The van der Waals surface area contributed by atoms with Crippen molar-refractivity contribution in [2.75, 3.05) is 0 Å². The fourth-order valence-corrected chi connectivity index (χ4v) is 2.30. The molecule has 0 spiro atoms. The molecule has 0 radical (unpaired) electrons. The van der Waals surface area contributed by atoms with Gasteiger partial charge >= 0.3 is 5.97 Å². The molecule has 2 aromatic rings. The number of carbonyl (C=O) groups is 1. The van der Waals surface area contributed by atoms with Crippen molar-refractivity contribution in [2.24, 2.45) is 0 Å². The molecule has 0 aliphatic heterocycles.